The quantitative estimate of drug-likeness (QED) is 0.454. The van der Waals surface area contributed by atoms with Crippen LogP contribution in [-0.4, -0.2) is 44.0 Å². The molecule has 3 aliphatic heterocycles. The van der Waals surface area contributed by atoms with Gasteiger partial charge in [-0.15, -0.1) is 5.10 Å². The number of benzene rings is 1. The molecule has 0 aromatic heterocycles. The van der Waals surface area contributed by atoms with Crippen molar-refractivity contribution in [3.05, 3.63) is 34.5 Å². The van der Waals surface area contributed by atoms with Gasteiger partial charge in [-0.2, -0.15) is 10.1 Å². The third-order valence-electron chi connectivity index (χ3n) is 6.11. The Hall–Kier alpha value is -2.58. The molecule has 172 valence electrons. The van der Waals surface area contributed by atoms with E-state index in [9.17, 15) is 5.11 Å². The van der Waals surface area contributed by atoms with Crippen LogP contribution in [0.5, 0.6) is 0 Å². The van der Waals surface area contributed by atoms with E-state index in [1.165, 1.54) is 0 Å². The summed E-state index contributed by atoms with van der Waals surface area (Å²) in [6, 6.07) is 5.71. The molecule has 1 aromatic rings. The van der Waals surface area contributed by atoms with Gasteiger partial charge in [-0.05, 0) is 44.7 Å². The number of anilines is 3. The Morgan fingerprint density at radius 2 is 2.03 bits per heavy atom. The summed E-state index contributed by atoms with van der Waals surface area (Å²) < 4.78 is 2.22. The van der Waals surface area contributed by atoms with Crippen LogP contribution in [0.1, 0.15) is 63.8 Å². The van der Waals surface area contributed by atoms with Crippen molar-refractivity contribution >= 4 is 29.1 Å². The number of aliphatic hydroxyl groups is 1. The minimum absolute atomic E-state index is 0.0513. The van der Waals surface area contributed by atoms with Crippen LogP contribution >= 0.6 is 11.6 Å². The highest BCUT2D eigenvalue weighted by Crippen LogP contribution is 2.40. The van der Waals surface area contributed by atoms with Crippen molar-refractivity contribution in [1.82, 2.24) is 19.7 Å². The summed E-state index contributed by atoms with van der Waals surface area (Å²) in [5.74, 6) is 1.68. The van der Waals surface area contributed by atoms with E-state index in [2.05, 4.69) is 52.7 Å². The van der Waals surface area contributed by atoms with Crippen LogP contribution in [0.2, 0.25) is 5.02 Å². The number of aliphatic hydroxyl groups excluding tert-OH is 1. The molecular formula is C23H32ClN7O. The number of rotatable bonds is 7. The second-order valence-corrected chi connectivity index (χ2v) is 9.40. The number of nitrogens with one attached hydrogen (secondary N) is 1. The maximum atomic E-state index is 9.98. The highest BCUT2D eigenvalue weighted by atomic mass is 35.5. The molecule has 1 aromatic carbocycles. The summed E-state index contributed by atoms with van der Waals surface area (Å²) >= 11 is 6.39. The van der Waals surface area contributed by atoms with E-state index >= 15 is 0 Å². The molecule has 0 spiro atoms. The van der Waals surface area contributed by atoms with E-state index in [1.54, 1.807) is 0 Å². The topological polar surface area (TPSA) is 105 Å². The van der Waals surface area contributed by atoms with Crippen molar-refractivity contribution in [2.75, 3.05) is 29.1 Å². The zero-order valence-electron chi connectivity index (χ0n) is 19.1. The van der Waals surface area contributed by atoms with Crippen molar-refractivity contribution in [3.63, 3.8) is 0 Å². The van der Waals surface area contributed by atoms with Crippen LogP contribution < -0.4 is 16.0 Å². The molecule has 32 heavy (non-hydrogen) atoms. The van der Waals surface area contributed by atoms with Crippen LogP contribution in [0.25, 0.3) is 11.4 Å². The van der Waals surface area contributed by atoms with E-state index in [1.807, 2.05) is 18.2 Å². The molecule has 1 atom stereocenters. The number of fused-ring (bicyclic) bond motifs is 1. The third-order valence-corrected chi connectivity index (χ3v) is 6.47. The molecule has 3 heterocycles. The highest BCUT2D eigenvalue weighted by molar-refractivity contribution is 6.31. The fourth-order valence-corrected chi connectivity index (χ4v) is 4.70. The fourth-order valence-electron chi connectivity index (χ4n) is 4.45. The lowest BCUT2D eigenvalue weighted by Crippen LogP contribution is -2.36. The van der Waals surface area contributed by atoms with E-state index < -0.39 is 0 Å². The van der Waals surface area contributed by atoms with E-state index in [0.29, 0.717) is 23.1 Å². The van der Waals surface area contributed by atoms with E-state index in [4.69, 9.17) is 22.3 Å². The Bertz CT molecular complexity index is 1040. The van der Waals surface area contributed by atoms with Gasteiger partial charge in [-0.3, -0.25) is 0 Å². The standard InChI is InChI=1S/C23H32ClN7O/c1-13(2)19-21-20(29-28-19)22(26-11-16-17(24)8-5-9-18(16)25)27-23(31(21)14(3)4)30-10-6-7-15(30)12-32/h5,8-9,13-15,26,32H,6-7,10-12,25H2,1-4H3. The maximum Gasteiger partial charge on any atom is 0.208 e. The fraction of sp³-hybridized carbons (Fsp3) is 0.522. The molecule has 0 bridgehead atoms. The Morgan fingerprint density at radius 3 is 2.69 bits per heavy atom. The molecule has 0 radical (unpaired) electrons. The largest absolute Gasteiger partial charge is 0.398 e. The molecule has 1 fully saturated rings. The first-order valence-electron chi connectivity index (χ1n) is 11.3. The van der Waals surface area contributed by atoms with Crippen molar-refractivity contribution in [2.45, 2.75) is 65.1 Å². The average Bonchev–Trinajstić information content (AvgIpc) is 3.39. The van der Waals surface area contributed by atoms with E-state index in [-0.39, 0.29) is 24.6 Å². The first-order valence-corrected chi connectivity index (χ1v) is 11.6. The summed E-state index contributed by atoms with van der Waals surface area (Å²) in [5.41, 5.74) is 10.3. The minimum Gasteiger partial charge on any atom is -0.398 e. The number of aromatic nitrogens is 4. The second kappa shape index (κ2) is 9.11. The Kier molecular flexibility index (Phi) is 6.44. The number of hydrogen-bond acceptors (Lipinski definition) is 7. The van der Waals surface area contributed by atoms with Crippen LogP contribution in [-0.2, 0) is 6.54 Å². The molecule has 0 saturated carbocycles. The van der Waals surface area contributed by atoms with Crippen molar-refractivity contribution in [3.8, 4) is 11.4 Å². The van der Waals surface area contributed by atoms with E-state index in [0.717, 1.165) is 48.0 Å². The van der Waals surface area contributed by atoms with Crippen molar-refractivity contribution < 1.29 is 5.11 Å². The molecule has 4 rings (SSSR count). The minimum atomic E-state index is 0.0513. The molecule has 1 saturated heterocycles. The zero-order valence-corrected chi connectivity index (χ0v) is 19.9. The predicted molar refractivity (Wildman–Crippen MR) is 130 cm³/mol. The smallest absolute Gasteiger partial charge is 0.208 e. The average molecular weight is 458 g/mol. The van der Waals surface area contributed by atoms with Gasteiger partial charge < -0.3 is 25.6 Å². The lowest BCUT2D eigenvalue weighted by atomic mass is 10.1. The summed E-state index contributed by atoms with van der Waals surface area (Å²) in [6.45, 7) is 9.91. The number of hydrogen-bond donors (Lipinski definition) is 3. The number of nitrogens with two attached hydrogens (primary N) is 1. The maximum absolute atomic E-state index is 9.98. The van der Waals surface area contributed by atoms with Crippen molar-refractivity contribution in [2.24, 2.45) is 0 Å². The van der Waals surface area contributed by atoms with Crippen LogP contribution in [0.15, 0.2) is 18.2 Å². The SMILES string of the molecule is CC(C)c1nnc2c(NCc3c(N)cccc3Cl)nc(N3CCCC3CO)n(C(C)C)c1-2. The molecule has 0 amide bonds. The van der Waals surface area contributed by atoms with Gasteiger partial charge in [0.15, 0.2) is 11.5 Å². The molecule has 9 heteroatoms. The van der Waals surface area contributed by atoms with Gasteiger partial charge in [0.25, 0.3) is 0 Å². The normalized spacial score (nSPS) is 16.6. The number of nitrogen functional groups attached to an aromatic ring is 1. The van der Waals surface area contributed by atoms with Gasteiger partial charge in [-0.1, -0.05) is 31.5 Å². The summed E-state index contributed by atoms with van der Waals surface area (Å²) in [7, 11) is 0. The first-order chi connectivity index (χ1) is 15.3. The Labute approximate surface area is 194 Å². The monoisotopic (exact) mass is 457 g/mol. The van der Waals surface area contributed by atoms with Gasteiger partial charge in [-0.25, -0.2) is 0 Å². The Morgan fingerprint density at radius 1 is 1.25 bits per heavy atom. The van der Waals surface area contributed by atoms with Gasteiger partial charge >= 0.3 is 0 Å². The zero-order chi connectivity index (χ0) is 23.0. The van der Waals surface area contributed by atoms with Gasteiger partial charge in [0.1, 0.15) is 0 Å². The van der Waals surface area contributed by atoms with Crippen LogP contribution in [0, 0.1) is 0 Å². The third kappa shape index (κ3) is 3.97. The van der Waals surface area contributed by atoms with Gasteiger partial charge in [0, 0.05) is 35.4 Å². The second-order valence-electron chi connectivity index (χ2n) is 8.99. The highest BCUT2D eigenvalue weighted by Gasteiger charge is 2.33. The lowest BCUT2D eigenvalue weighted by molar-refractivity contribution is 0.264. The predicted octanol–water partition coefficient (Wildman–Crippen LogP) is 4.29. The van der Waals surface area contributed by atoms with Crippen LogP contribution in [0.4, 0.5) is 17.5 Å². The first kappa shape index (κ1) is 22.6. The molecule has 8 nitrogen and oxygen atoms in total. The molecular weight excluding hydrogens is 426 g/mol. The van der Waals surface area contributed by atoms with Crippen molar-refractivity contribution in [1.29, 1.82) is 0 Å². The molecule has 3 aliphatic rings. The molecule has 0 aliphatic carbocycles. The summed E-state index contributed by atoms with van der Waals surface area (Å²) in [5, 5.41) is 23.1. The summed E-state index contributed by atoms with van der Waals surface area (Å²) in [6.07, 6.45) is 1.97. The lowest BCUT2D eigenvalue weighted by Gasteiger charge is -2.31. The Balaban J connectivity index is 1.86. The molecule has 1 unspecified atom stereocenters. The number of nitrogens with zero attached hydrogens (tertiary/aromatic N) is 5. The van der Waals surface area contributed by atoms with Gasteiger partial charge in [0.05, 0.1) is 24.0 Å². The van der Waals surface area contributed by atoms with Crippen LogP contribution in [0.3, 0.4) is 0 Å². The van der Waals surface area contributed by atoms with Gasteiger partial charge in [0.2, 0.25) is 5.95 Å². The summed E-state index contributed by atoms with van der Waals surface area (Å²) in [4.78, 5) is 7.24. The molecule has 4 N–H and O–H groups in total. The number of halogens is 1.